The zero-order chi connectivity index (χ0) is 10.1. The van der Waals surface area contributed by atoms with Crippen LogP contribution in [0.15, 0.2) is 0 Å². The molecule has 2 rings (SSSR count). The van der Waals surface area contributed by atoms with Crippen molar-refractivity contribution in [2.75, 3.05) is 25.4 Å². The van der Waals surface area contributed by atoms with Crippen LogP contribution in [-0.2, 0) is 14.3 Å². The van der Waals surface area contributed by atoms with E-state index in [2.05, 4.69) is 10.6 Å². The number of hydrogen-bond donors (Lipinski definition) is 2. The Morgan fingerprint density at radius 1 is 1.21 bits per heavy atom. The maximum absolute atomic E-state index is 11.1. The first-order valence-corrected chi connectivity index (χ1v) is 5.48. The van der Waals surface area contributed by atoms with Gasteiger partial charge in [0, 0.05) is 18.8 Å². The van der Waals surface area contributed by atoms with E-state index in [4.69, 9.17) is 4.74 Å². The molecule has 2 N–H and O–H groups in total. The molecule has 2 heterocycles. The minimum Gasteiger partial charge on any atom is -0.349 e. The number of hydrogen-bond acceptors (Lipinski definition) is 6. The van der Waals surface area contributed by atoms with E-state index in [1.807, 2.05) is 0 Å². The van der Waals surface area contributed by atoms with Crippen LogP contribution in [0.25, 0.3) is 0 Å². The summed E-state index contributed by atoms with van der Waals surface area (Å²) >= 11 is 1.41. The summed E-state index contributed by atoms with van der Waals surface area (Å²) in [5.41, 5.74) is -1.18. The summed E-state index contributed by atoms with van der Waals surface area (Å²) in [5, 5.41) is 5.98. The first kappa shape index (κ1) is 10.1. The molecule has 5 nitrogen and oxygen atoms in total. The second-order valence-corrected chi connectivity index (χ2v) is 4.60. The van der Waals surface area contributed by atoms with Gasteiger partial charge in [-0.2, -0.15) is 0 Å². The first-order chi connectivity index (χ1) is 6.79. The van der Waals surface area contributed by atoms with E-state index in [1.54, 1.807) is 0 Å². The van der Waals surface area contributed by atoms with E-state index < -0.39 is 10.6 Å². The molecular weight excluding hydrogens is 204 g/mol. The van der Waals surface area contributed by atoms with Gasteiger partial charge in [0.1, 0.15) is 0 Å². The molecule has 0 amide bonds. The SMILES string of the molecule is O=CC1(C2(C=O)NCCS2)NCCO1. The van der Waals surface area contributed by atoms with Crippen LogP contribution in [0, 0.1) is 0 Å². The van der Waals surface area contributed by atoms with Crippen LogP contribution in [0.2, 0.25) is 0 Å². The van der Waals surface area contributed by atoms with Gasteiger partial charge in [0.15, 0.2) is 17.4 Å². The fourth-order valence-electron chi connectivity index (χ4n) is 1.80. The highest BCUT2D eigenvalue weighted by Gasteiger charge is 2.57. The Labute approximate surface area is 85.9 Å². The molecule has 2 fully saturated rings. The summed E-state index contributed by atoms with van der Waals surface area (Å²) < 4.78 is 5.37. The minimum absolute atomic E-state index is 0.455. The van der Waals surface area contributed by atoms with Crippen molar-refractivity contribution < 1.29 is 14.3 Å². The second kappa shape index (κ2) is 3.62. The zero-order valence-corrected chi connectivity index (χ0v) is 8.43. The molecule has 2 unspecified atom stereocenters. The minimum atomic E-state index is -1.18. The molecule has 0 bridgehead atoms. The summed E-state index contributed by atoms with van der Waals surface area (Å²) in [7, 11) is 0. The Kier molecular flexibility index (Phi) is 2.61. The number of carbonyl (C=O) groups is 2. The standard InChI is InChI=1S/C8H12N2O3S/c11-5-7(9-1-3-13-7)8(6-12)10-2-4-14-8/h5-6,9-10H,1-4H2. The van der Waals surface area contributed by atoms with E-state index in [1.165, 1.54) is 11.8 Å². The van der Waals surface area contributed by atoms with Gasteiger partial charge in [0.05, 0.1) is 6.61 Å². The van der Waals surface area contributed by atoms with E-state index in [-0.39, 0.29) is 0 Å². The van der Waals surface area contributed by atoms with Crippen LogP contribution in [0.4, 0.5) is 0 Å². The van der Waals surface area contributed by atoms with Gasteiger partial charge in [0.25, 0.3) is 0 Å². The molecular formula is C8H12N2O3S. The topological polar surface area (TPSA) is 67.4 Å². The normalized spacial score (nSPS) is 42.6. The van der Waals surface area contributed by atoms with Crippen molar-refractivity contribution in [1.82, 2.24) is 10.6 Å². The van der Waals surface area contributed by atoms with Gasteiger partial charge in [-0.05, 0) is 0 Å². The monoisotopic (exact) mass is 216 g/mol. The van der Waals surface area contributed by atoms with Crippen LogP contribution < -0.4 is 10.6 Å². The number of carbonyl (C=O) groups excluding carboxylic acids is 2. The smallest absolute Gasteiger partial charge is 0.210 e. The van der Waals surface area contributed by atoms with Gasteiger partial charge < -0.3 is 9.53 Å². The first-order valence-electron chi connectivity index (χ1n) is 4.49. The molecule has 78 valence electrons. The third-order valence-electron chi connectivity index (χ3n) is 2.52. The fourth-order valence-corrected chi connectivity index (χ4v) is 2.99. The lowest BCUT2D eigenvalue weighted by Crippen LogP contribution is -2.66. The van der Waals surface area contributed by atoms with Crippen molar-refractivity contribution in [3.63, 3.8) is 0 Å². The fraction of sp³-hybridized carbons (Fsp3) is 0.750. The molecule has 0 aromatic rings. The van der Waals surface area contributed by atoms with Crippen molar-refractivity contribution in [3.8, 4) is 0 Å². The van der Waals surface area contributed by atoms with Gasteiger partial charge >= 0.3 is 0 Å². The number of aldehydes is 2. The Morgan fingerprint density at radius 3 is 2.50 bits per heavy atom. The molecule has 0 aromatic carbocycles. The summed E-state index contributed by atoms with van der Waals surface area (Å²) in [5.74, 6) is 0.805. The summed E-state index contributed by atoms with van der Waals surface area (Å²) in [6.07, 6.45) is 1.44. The Bertz CT molecular complexity index is 221. The molecule has 0 aromatic heterocycles. The average molecular weight is 216 g/mol. The number of nitrogens with one attached hydrogen (secondary N) is 2. The molecule has 14 heavy (non-hydrogen) atoms. The van der Waals surface area contributed by atoms with Crippen LogP contribution in [0.5, 0.6) is 0 Å². The molecule has 2 atom stereocenters. The van der Waals surface area contributed by atoms with E-state index in [0.29, 0.717) is 26.0 Å². The van der Waals surface area contributed by atoms with Crippen LogP contribution in [-0.4, -0.2) is 48.6 Å². The Balaban J connectivity index is 2.32. The van der Waals surface area contributed by atoms with Crippen LogP contribution >= 0.6 is 11.8 Å². The maximum Gasteiger partial charge on any atom is 0.210 e. The van der Waals surface area contributed by atoms with Gasteiger partial charge in [0.2, 0.25) is 5.72 Å². The molecule has 0 radical (unpaired) electrons. The van der Waals surface area contributed by atoms with Gasteiger partial charge in [-0.1, -0.05) is 0 Å². The van der Waals surface area contributed by atoms with Gasteiger partial charge in [-0.25, -0.2) is 0 Å². The predicted molar refractivity (Wildman–Crippen MR) is 52.0 cm³/mol. The molecule has 6 heteroatoms. The van der Waals surface area contributed by atoms with Gasteiger partial charge in [-0.15, -0.1) is 11.8 Å². The highest BCUT2D eigenvalue weighted by molar-refractivity contribution is 8.01. The predicted octanol–water partition coefficient (Wildman–Crippen LogP) is -1.27. The average Bonchev–Trinajstić information content (AvgIpc) is 2.88. The van der Waals surface area contributed by atoms with Crippen molar-refractivity contribution in [2.45, 2.75) is 10.6 Å². The summed E-state index contributed by atoms with van der Waals surface area (Å²) in [4.78, 5) is 21.2. The molecule has 2 saturated heterocycles. The number of thioether (sulfide) groups is 1. The largest absolute Gasteiger partial charge is 0.349 e. The van der Waals surface area contributed by atoms with Crippen molar-refractivity contribution >= 4 is 24.3 Å². The number of ether oxygens (including phenoxy) is 1. The van der Waals surface area contributed by atoms with E-state index in [9.17, 15) is 9.59 Å². The zero-order valence-electron chi connectivity index (χ0n) is 7.62. The number of rotatable bonds is 3. The quantitative estimate of drug-likeness (QED) is 0.574. The highest BCUT2D eigenvalue weighted by Crippen LogP contribution is 2.36. The van der Waals surface area contributed by atoms with Crippen molar-refractivity contribution in [2.24, 2.45) is 0 Å². The maximum atomic E-state index is 11.1. The van der Waals surface area contributed by atoms with Crippen molar-refractivity contribution in [3.05, 3.63) is 0 Å². The highest BCUT2D eigenvalue weighted by atomic mass is 32.2. The third-order valence-corrected chi connectivity index (χ3v) is 3.93. The lowest BCUT2D eigenvalue weighted by atomic mass is 10.1. The molecule has 2 aliphatic heterocycles. The van der Waals surface area contributed by atoms with Crippen molar-refractivity contribution in [1.29, 1.82) is 0 Å². The molecule has 2 aliphatic rings. The van der Waals surface area contributed by atoms with E-state index >= 15 is 0 Å². The molecule has 0 spiro atoms. The summed E-state index contributed by atoms with van der Waals surface area (Å²) in [6.45, 7) is 1.76. The van der Waals surface area contributed by atoms with Gasteiger partial charge in [-0.3, -0.25) is 15.4 Å². The van der Waals surface area contributed by atoms with E-state index in [0.717, 1.165) is 12.0 Å². The summed E-state index contributed by atoms with van der Waals surface area (Å²) in [6, 6.07) is 0. The third kappa shape index (κ3) is 1.22. The second-order valence-electron chi connectivity index (χ2n) is 3.26. The van der Waals surface area contributed by atoms with Crippen LogP contribution in [0.3, 0.4) is 0 Å². The lowest BCUT2D eigenvalue weighted by Gasteiger charge is -2.36. The lowest BCUT2D eigenvalue weighted by molar-refractivity contribution is -0.138. The molecule has 0 saturated carbocycles. The van der Waals surface area contributed by atoms with Crippen LogP contribution in [0.1, 0.15) is 0 Å². The Morgan fingerprint density at radius 2 is 2.07 bits per heavy atom. The molecule has 0 aliphatic carbocycles. The Hall–Kier alpha value is -0.430.